The smallest absolute Gasteiger partial charge is 0.223 e. The molecule has 1 N–H and O–H groups in total. The third kappa shape index (κ3) is 4.66. The highest BCUT2D eigenvalue weighted by Crippen LogP contribution is 2.31. The number of rotatable bonds is 6. The molecule has 1 aromatic heterocycles. The largest absolute Gasteiger partial charge is 0.352 e. The summed E-state index contributed by atoms with van der Waals surface area (Å²) in [5.41, 5.74) is 3.40. The van der Waals surface area contributed by atoms with E-state index in [0.717, 1.165) is 37.2 Å². The normalized spacial score (nSPS) is 16.0. The van der Waals surface area contributed by atoms with Crippen molar-refractivity contribution >= 4 is 16.7 Å². The van der Waals surface area contributed by atoms with Crippen LogP contribution in [0.1, 0.15) is 36.9 Å². The number of fused-ring (bicyclic) bond motifs is 1. The summed E-state index contributed by atoms with van der Waals surface area (Å²) in [6.07, 6.45) is 4.98. The Morgan fingerprint density at radius 1 is 1.03 bits per heavy atom. The molecule has 168 valence electrons. The molecule has 1 aliphatic heterocycles. The second-order valence-corrected chi connectivity index (χ2v) is 8.78. The molecule has 0 bridgehead atoms. The van der Waals surface area contributed by atoms with Gasteiger partial charge < -0.3 is 5.32 Å². The second-order valence-electron chi connectivity index (χ2n) is 8.78. The molecular weight excluding hydrogens is 410 g/mol. The number of benzene rings is 3. The van der Waals surface area contributed by atoms with Gasteiger partial charge in [-0.2, -0.15) is 5.10 Å². The van der Waals surface area contributed by atoms with Gasteiger partial charge in [0.25, 0.3) is 0 Å². The van der Waals surface area contributed by atoms with Crippen LogP contribution in [0.3, 0.4) is 0 Å². The van der Waals surface area contributed by atoms with E-state index >= 15 is 0 Å². The van der Waals surface area contributed by atoms with E-state index in [1.165, 1.54) is 22.7 Å². The zero-order valence-electron chi connectivity index (χ0n) is 18.9. The summed E-state index contributed by atoms with van der Waals surface area (Å²) in [6.45, 7) is 4.71. The first kappa shape index (κ1) is 21.3. The number of piperidine rings is 1. The maximum Gasteiger partial charge on any atom is 0.223 e. The van der Waals surface area contributed by atoms with Crippen LogP contribution in [0.2, 0.25) is 0 Å². The molecule has 0 radical (unpaired) electrons. The Kier molecular flexibility index (Phi) is 6.17. The maximum atomic E-state index is 12.8. The summed E-state index contributed by atoms with van der Waals surface area (Å²) in [4.78, 5) is 19.3. The number of nitrogens with one attached hydrogen (secondary N) is 1. The quantitative estimate of drug-likeness (QED) is 0.480. The molecule has 1 saturated heterocycles. The Hall–Kier alpha value is -3.51. The molecule has 2 heterocycles. The Morgan fingerprint density at radius 3 is 2.55 bits per heavy atom. The molecular formula is C27H29N5O. The van der Waals surface area contributed by atoms with Crippen molar-refractivity contribution in [1.29, 1.82) is 0 Å². The molecule has 4 aromatic rings. The predicted octanol–water partition coefficient (Wildman–Crippen LogP) is 4.51. The zero-order valence-corrected chi connectivity index (χ0v) is 18.9. The van der Waals surface area contributed by atoms with Crippen molar-refractivity contribution < 1.29 is 4.79 Å². The van der Waals surface area contributed by atoms with Gasteiger partial charge in [0.1, 0.15) is 12.7 Å². The summed E-state index contributed by atoms with van der Waals surface area (Å²) in [6, 6.07) is 23.5. The van der Waals surface area contributed by atoms with E-state index in [9.17, 15) is 4.79 Å². The molecule has 1 fully saturated rings. The van der Waals surface area contributed by atoms with E-state index in [4.69, 9.17) is 0 Å². The lowest BCUT2D eigenvalue weighted by atomic mass is 9.92. The summed E-state index contributed by atoms with van der Waals surface area (Å²) in [5, 5.41) is 9.87. The first-order chi connectivity index (χ1) is 16.2. The van der Waals surface area contributed by atoms with E-state index in [-0.39, 0.29) is 11.8 Å². The number of nitrogens with zero attached hydrogens (tertiary/aromatic N) is 4. The standard InChI is InChI=1S/C27H29N5O/c1-20(25-8-4-6-22-5-2-3-7-26(22)25)31-15-13-23(14-16-31)27(33)29-17-21-9-11-24(12-10-21)32-19-28-18-30-32/h2-12,18-20,23H,13-17H2,1H3,(H,29,33). The molecule has 6 nitrogen and oxygen atoms in total. The van der Waals surface area contributed by atoms with Crippen LogP contribution < -0.4 is 5.32 Å². The van der Waals surface area contributed by atoms with Gasteiger partial charge in [0.15, 0.2) is 0 Å². The van der Waals surface area contributed by atoms with Crippen LogP contribution in [0, 0.1) is 5.92 Å². The molecule has 1 atom stereocenters. The van der Waals surface area contributed by atoms with Crippen molar-refractivity contribution in [2.75, 3.05) is 13.1 Å². The first-order valence-electron chi connectivity index (χ1n) is 11.6. The molecule has 5 rings (SSSR count). The van der Waals surface area contributed by atoms with Gasteiger partial charge in [-0.15, -0.1) is 0 Å². The SMILES string of the molecule is CC(c1cccc2ccccc12)N1CCC(C(=O)NCc2ccc(-n3cncn3)cc2)CC1. The van der Waals surface area contributed by atoms with Crippen LogP contribution in [-0.4, -0.2) is 38.7 Å². The predicted molar refractivity (Wildman–Crippen MR) is 130 cm³/mol. The van der Waals surface area contributed by atoms with Crippen molar-refractivity contribution in [1.82, 2.24) is 25.0 Å². The number of hydrogen-bond donors (Lipinski definition) is 1. The second kappa shape index (κ2) is 9.55. The van der Waals surface area contributed by atoms with E-state index in [1.807, 2.05) is 24.3 Å². The molecule has 1 aliphatic rings. The maximum absolute atomic E-state index is 12.8. The number of amides is 1. The molecule has 6 heteroatoms. The van der Waals surface area contributed by atoms with Crippen LogP contribution in [0.15, 0.2) is 79.4 Å². The number of aromatic nitrogens is 3. The minimum absolute atomic E-state index is 0.0791. The zero-order chi connectivity index (χ0) is 22.6. The van der Waals surface area contributed by atoms with Crippen LogP contribution >= 0.6 is 0 Å². The average Bonchev–Trinajstić information content (AvgIpc) is 3.42. The topological polar surface area (TPSA) is 63.1 Å². The fraction of sp³-hybridized carbons (Fsp3) is 0.296. The summed E-state index contributed by atoms with van der Waals surface area (Å²) in [5.74, 6) is 0.239. The van der Waals surface area contributed by atoms with E-state index in [2.05, 4.69) is 69.7 Å². The first-order valence-corrected chi connectivity index (χ1v) is 11.6. The summed E-state index contributed by atoms with van der Waals surface area (Å²) in [7, 11) is 0. The minimum atomic E-state index is 0.0791. The molecule has 33 heavy (non-hydrogen) atoms. The van der Waals surface area contributed by atoms with Gasteiger partial charge in [-0.1, -0.05) is 54.6 Å². The summed E-state index contributed by atoms with van der Waals surface area (Å²) < 4.78 is 1.72. The van der Waals surface area contributed by atoms with Gasteiger partial charge >= 0.3 is 0 Å². The molecule has 0 saturated carbocycles. The fourth-order valence-electron chi connectivity index (χ4n) is 4.80. The van der Waals surface area contributed by atoms with Gasteiger partial charge in [-0.3, -0.25) is 9.69 Å². The molecule has 0 spiro atoms. The number of carbonyl (C=O) groups is 1. The fourth-order valence-corrected chi connectivity index (χ4v) is 4.80. The Bertz CT molecular complexity index is 1210. The number of hydrogen-bond acceptors (Lipinski definition) is 4. The van der Waals surface area contributed by atoms with Gasteiger partial charge in [-0.05, 0) is 66.9 Å². The van der Waals surface area contributed by atoms with Gasteiger partial charge in [-0.25, -0.2) is 9.67 Å². The van der Waals surface area contributed by atoms with Crippen molar-refractivity contribution in [2.45, 2.75) is 32.4 Å². The lowest BCUT2D eigenvalue weighted by Crippen LogP contribution is -2.41. The minimum Gasteiger partial charge on any atom is -0.352 e. The van der Waals surface area contributed by atoms with Crippen LogP contribution in [0.25, 0.3) is 16.5 Å². The van der Waals surface area contributed by atoms with Gasteiger partial charge in [0.05, 0.1) is 5.69 Å². The van der Waals surface area contributed by atoms with Crippen LogP contribution in [0.5, 0.6) is 0 Å². The lowest BCUT2D eigenvalue weighted by molar-refractivity contribution is -0.126. The Morgan fingerprint density at radius 2 is 1.79 bits per heavy atom. The Balaban J connectivity index is 1.14. The third-order valence-electron chi connectivity index (χ3n) is 6.81. The molecule has 0 aliphatic carbocycles. The lowest BCUT2D eigenvalue weighted by Gasteiger charge is -2.36. The number of carbonyl (C=O) groups excluding carboxylic acids is 1. The number of likely N-dealkylation sites (tertiary alicyclic amines) is 1. The van der Waals surface area contributed by atoms with Crippen molar-refractivity contribution in [3.8, 4) is 5.69 Å². The van der Waals surface area contributed by atoms with E-state index < -0.39 is 0 Å². The van der Waals surface area contributed by atoms with Crippen molar-refractivity contribution in [3.05, 3.63) is 90.5 Å². The average molecular weight is 440 g/mol. The Labute approximate surface area is 194 Å². The molecule has 3 aromatic carbocycles. The van der Waals surface area contributed by atoms with Crippen molar-refractivity contribution in [2.24, 2.45) is 5.92 Å². The highest BCUT2D eigenvalue weighted by molar-refractivity contribution is 5.86. The monoisotopic (exact) mass is 439 g/mol. The van der Waals surface area contributed by atoms with Crippen LogP contribution in [-0.2, 0) is 11.3 Å². The highest BCUT2D eigenvalue weighted by atomic mass is 16.1. The molecule has 1 unspecified atom stereocenters. The summed E-state index contributed by atoms with van der Waals surface area (Å²) >= 11 is 0. The third-order valence-corrected chi connectivity index (χ3v) is 6.81. The van der Waals surface area contributed by atoms with E-state index in [1.54, 1.807) is 11.0 Å². The van der Waals surface area contributed by atoms with Crippen molar-refractivity contribution in [3.63, 3.8) is 0 Å². The van der Waals surface area contributed by atoms with E-state index in [0.29, 0.717) is 12.6 Å². The highest BCUT2D eigenvalue weighted by Gasteiger charge is 2.28. The van der Waals surface area contributed by atoms with Gasteiger partial charge in [0.2, 0.25) is 5.91 Å². The van der Waals surface area contributed by atoms with Gasteiger partial charge in [0, 0.05) is 18.5 Å². The van der Waals surface area contributed by atoms with Crippen LogP contribution in [0.4, 0.5) is 0 Å². The molecule has 1 amide bonds.